The zero-order valence-electron chi connectivity index (χ0n) is 12.7. The van der Waals surface area contributed by atoms with Gasteiger partial charge in [0.25, 0.3) is 0 Å². The van der Waals surface area contributed by atoms with Gasteiger partial charge in [-0.1, -0.05) is 20.3 Å². The molecule has 0 aliphatic carbocycles. The number of carbonyl (C=O) groups is 1. The minimum atomic E-state index is -0.363. The fourth-order valence-electron chi connectivity index (χ4n) is 2.37. The first-order valence-electron chi connectivity index (χ1n) is 7.25. The molecule has 1 saturated heterocycles. The largest absolute Gasteiger partial charge is 0.352 e. The Morgan fingerprint density at radius 2 is 1.84 bits per heavy atom. The first-order valence-corrected chi connectivity index (χ1v) is 7.25. The minimum absolute atomic E-state index is 0. The summed E-state index contributed by atoms with van der Waals surface area (Å²) in [5, 5.41) is 3.10. The van der Waals surface area contributed by atoms with E-state index in [1.807, 2.05) is 6.92 Å². The number of carbonyl (C=O) groups excluding carboxylic acids is 1. The van der Waals surface area contributed by atoms with E-state index in [0.29, 0.717) is 12.1 Å². The van der Waals surface area contributed by atoms with Gasteiger partial charge in [-0.3, -0.25) is 4.79 Å². The summed E-state index contributed by atoms with van der Waals surface area (Å²) in [6.07, 6.45) is 3.02. The molecule has 1 rings (SSSR count). The average Bonchev–Trinajstić information content (AvgIpc) is 2.37. The zero-order valence-corrected chi connectivity index (χ0v) is 13.5. The molecule has 2 unspecified atom stereocenters. The molecular formula is C14H30ClN3O. The van der Waals surface area contributed by atoms with Crippen molar-refractivity contribution in [2.24, 2.45) is 11.7 Å². The third-order valence-electron chi connectivity index (χ3n) is 4.17. The van der Waals surface area contributed by atoms with Crippen LogP contribution in [0, 0.1) is 5.92 Å². The lowest BCUT2D eigenvalue weighted by Crippen LogP contribution is -2.52. The molecule has 0 bridgehead atoms. The second-order valence-electron chi connectivity index (χ2n) is 5.82. The lowest BCUT2D eigenvalue weighted by atomic mass is 9.98. The van der Waals surface area contributed by atoms with Gasteiger partial charge in [0.2, 0.25) is 5.91 Å². The van der Waals surface area contributed by atoms with E-state index in [-0.39, 0.29) is 30.3 Å². The maximum absolute atomic E-state index is 12.0. The van der Waals surface area contributed by atoms with Crippen molar-refractivity contribution in [3.05, 3.63) is 0 Å². The van der Waals surface area contributed by atoms with Gasteiger partial charge in [-0.25, -0.2) is 0 Å². The molecule has 0 saturated carbocycles. The van der Waals surface area contributed by atoms with Crippen molar-refractivity contribution in [1.82, 2.24) is 10.2 Å². The van der Waals surface area contributed by atoms with Crippen LogP contribution in [0.4, 0.5) is 0 Å². The van der Waals surface area contributed by atoms with Crippen molar-refractivity contribution in [1.29, 1.82) is 0 Å². The van der Waals surface area contributed by atoms with Crippen molar-refractivity contribution in [3.8, 4) is 0 Å². The molecule has 0 spiro atoms. The summed E-state index contributed by atoms with van der Waals surface area (Å²) in [7, 11) is 0. The number of hydrogen-bond donors (Lipinski definition) is 2. The van der Waals surface area contributed by atoms with Crippen LogP contribution < -0.4 is 11.1 Å². The molecule has 1 heterocycles. The van der Waals surface area contributed by atoms with Crippen molar-refractivity contribution in [2.45, 2.75) is 65.1 Å². The Morgan fingerprint density at radius 3 is 2.26 bits per heavy atom. The number of rotatable bonds is 5. The van der Waals surface area contributed by atoms with Gasteiger partial charge < -0.3 is 16.0 Å². The van der Waals surface area contributed by atoms with Crippen molar-refractivity contribution >= 4 is 18.3 Å². The predicted octanol–water partition coefficient (Wildman–Crippen LogP) is 1.77. The number of nitrogens with two attached hydrogens (primary N) is 1. The van der Waals surface area contributed by atoms with Crippen LogP contribution in [0.25, 0.3) is 0 Å². The van der Waals surface area contributed by atoms with E-state index in [9.17, 15) is 4.79 Å². The van der Waals surface area contributed by atoms with Gasteiger partial charge in [0.05, 0.1) is 6.04 Å². The molecule has 0 radical (unpaired) electrons. The Hall–Kier alpha value is -0.320. The summed E-state index contributed by atoms with van der Waals surface area (Å²) in [6.45, 7) is 10.7. The molecule has 0 aromatic rings. The normalized spacial score (nSPS) is 20.7. The first kappa shape index (κ1) is 18.7. The molecule has 5 heteroatoms. The van der Waals surface area contributed by atoms with E-state index in [2.05, 4.69) is 31.0 Å². The van der Waals surface area contributed by atoms with Crippen LogP contribution in [-0.4, -0.2) is 42.0 Å². The molecular weight excluding hydrogens is 262 g/mol. The van der Waals surface area contributed by atoms with Crippen molar-refractivity contribution in [3.63, 3.8) is 0 Å². The SMILES string of the molecule is CCC(C)C(N)C(=O)NC1CCN(C(C)C)CC1.Cl. The molecule has 4 nitrogen and oxygen atoms in total. The average molecular weight is 292 g/mol. The molecule has 1 aliphatic heterocycles. The summed E-state index contributed by atoms with van der Waals surface area (Å²) >= 11 is 0. The van der Waals surface area contributed by atoms with Crippen LogP contribution in [0.1, 0.15) is 47.0 Å². The first-order chi connectivity index (χ1) is 8.45. The maximum atomic E-state index is 12.0. The van der Waals surface area contributed by atoms with E-state index in [0.717, 1.165) is 32.4 Å². The molecule has 1 aliphatic rings. The standard InChI is InChI=1S/C14H29N3O.ClH/c1-5-11(4)13(15)14(18)16-12-6-8-17(9-7-12)10(2)3;/h10-13H,5-9,15H2,1-4H3,(H,16,18);1H. The van der Waals surface area contributed by atoms with Crippen LogP contribution in [0.3, 0.4) is 0 Å². The van der Waals surface area contributed by atoms with Crippen molar-refractivity contribution in [2.75, 3.05) is 13.1 Å². The van der Waals surface area contributed by atoms with E-state index in [1.54, 1.807) is 0 Å². The second kappa shape index (κ2) is 8.77. The van der Waals surface area contributed by atoms with Crippen LogP contribution in [-0.2, 0) is 4.79 Å². The zero-order chi connectivity index (χ0) is 13.7. The van der Waals surface area contributed by atoms with Gasteiger partial charge in [-0.05, 0) is 32.6 Å². The third kappa shape index (κ3) is 5.67. The number of nitrogens with zero attached hydrogens (tertiary/aromatic N) is 1. The van der Waals surface area contributed by atoms with E-state index in [1.165, 1.54) is 0 Å². The highest BCUT2D eigenvalue weighted by Crippen LogP contribution is 2.13. The number of likely N-dealkylation sites (tertiary alicyclic amines) is 1. The lowest BCUT2D eigenvalue weighted by Gasteiger charge is -2.35. The maximum Gasteiger partial charge on any atom is 0.237 e. The molecule has 1 fully saturated rings. The van der Waals surface area contributed by atoms with Gasteiger partial charge in [0.1, 0.15) is 0 Å². The summed E-state index contributed by atoms with van der Waals surface area (Å²) in [4.78, 5) is 14.4. The second-order valence-corrected chi connectivity index (χ2v) is 5.82. The summed E-state index contributed by atoms with van der Waals surface area (Å²) in [5.74, 6) is 0.271. The molecule has 0 aromatic carbocycles. The quantitative estimate of drug-likeness (QED) is 0.812. The topological polar surface area (TPSA) is 58.4 Å². The van der Waals surface area contributed by atoms with Gasteiger partial charge in [-0.2, -0.15) is 0 Å². The van der Waals surface area contributed by atoms with Crippen LogP contribution in [0.5, 0.6) is 0 Å². The summed E-state index contributed by atoms with van der Waals surface area (Å²) in [5.41, 5.74) is 5.94. The van der Waals surface area contributed by atoms with Gasteiger partial charge in [0.15, 0.2) is 0 Å². The fraction of sp³-hybridized carbons (Fsp3) is 0.929. The number of amides is 1. The monoisotopic (exact) mass is 291 g/mol. The molecule has 114 valence electrons. The number of nitrogens with one attached hydrogen (secondary N) is 1. The molecule has 1 amide bonds. The fourth-order valence-corrected chi connectivity index (χ4v) is 2.37. The Balaban J connectivity index is 0.00000324. The molecule has 19 heavy (non-hydrogen) atoms. The minimum Gasteiger partial charge on any atom is -0.352 e. The van der Waals surface area contributed by atoms with E-state index >= 15 is 0 Å². The lowest BCUT2D eigenvalue weighted by molar-refractivity contribution is -0.124. The Kier molecular flexibility index (Phi) is 8.62. The highest BCUT2D eigenvalue weighted by atomic mass is 35.5. The van der Waals surface area contributed by atoms with Gasteiger partial charge >= 0.3 is 0 Å². The predicted molar refractivity (Wildman–Crippen MR) is 82.6 cm³/mol. The molecule has 2 atom stereocenters. The van der Waals surface area contributed by atoms with Crippen LogP contribution in [0.2, 0.25) is 0 Å². The van der Waals surface area contributed by atoms with Crippen LogP contribution >= 0.6 is 12.4 Å². The number of piperidine rings is 1. The highest BCUT2D eigenvalue weighted by Gasteiger charge is 2.25. The Bertz CT molecular complexity index is 265. The van der Waals surface area contributed by atoms with E-state index < -0.39 is 0 Å². The molecule has 3 N–H and O–H groups in total. The smallest absolute Gasteiger partial charge is 0.237 e. The third-order valence-corrected chi connectivity index (χ3v) is 4.17. The Morgan fingerprint density at radius 1 is 1.32 bits per heavy atom. The van der Waals surface area contributed by atoms with Crippen LogP contribution in [0.15, 0.2) is 0 Å². The molecule has 0 aromatic heterocycles. The summed E-state index contributed by atoms with van der Waals surface area (Å²) in [6, 6.07) is 0.546. The van der Waals surface area contributed by atoms with Gasteiger partial charge in [-0.15, -0.1) is 12.4 Å². The highest BCUT2D eigenvalue weighted by molar-refractivity contribution is 5.85. The van der Waals surface area contributed by atoms with E-state index in [4.69, 9.17) is 5.73 Å². The number of hydrogen-bond acceptors (Lipinski definition) is 3. The Labute approximate surface area is 123 Å². The summed E-state index contributed by atoms with van der Waals surface area (Å²) < 4.78 is 0. The number of halogens is 1. The van der Waals surface area contributed by atoms with Gasteiger partial charge in [0, 0.05) is 25.2 Å². The van der Waals surface area contributed by atoms with Crippen molar-refractivity contribution < 1.29 is 4.79 Å².